The zero-order valence-corrected chi connectivity index (χ0v) is 15.8. The Balaban J connectivity index is 1.70. The first-order valence-corrected chi connectivity index (χ1v) is 9.23. The zero-order valence-electron chi connectivity index (χ0n) is 15.8. The quantitative estimate of drug-likeness (QED) is 0.883. The van der Waals surface area contributed by atoms with Crippen molar-refractivity contribution >= 4 is 11.6 Å². The van der Waals surface area contributed by atoms with E-state index >= 15 is 0 Å². The molecule has 1 amide bonds. The Morgan fingerprint density at radius 3 is 2.56 bits per heavy atom. The van der Waals surface area contributed by atoms with Crippen LogP contribution in [0.25, 0.3) is 0 Å². The number of hydrogen-bond acceptors (Lipinski definition) is 1. The van der Waals surface area contributed by atoms with Crippen LogP contribution in [-0.2, 0) is 11.2 Å². The summed E-state index contributed by atoms with van der Waals surface area (Å²) in [7, 11) is 2.14. The summed E-state index contributed by atoms with van der Waals surface area (Å²) < 4.78 is 0. The smallest absolute Gasteiger partial charge is 0.279 e. The van der Waals surface area contributed by atoms with E-state index in [-0.39, 0.29) is 5.91 Å². The first-order chi connectivity index (χ1) is 12.0. The number of carbonyl (C=O) groups is 1. The number of carbonyl (C=O) groups excluding carboxylic acids is 1. The van der Waals surface area contributed by atoms with Gasteiger partial charge in [-0.3, -0.25) is 4.79 Å². The minimum absolute atomic E-state index is 0.0932. The number of fused-ring (bicyclic) bond motifs is 1. The first-order valence-electron chi connectivity index (χ1n) is 9.23. The minimum Gasteiger partial charge on any atom is -0.323 e. The number of hydrogen-bond donors (Lipinski definition) is 2. The Morgan fingerprint density at radius 2 is 1.84 bits per heavy atom. The molecule has 0 spiro atoms. The van der Waals surface area contributed by atoms with E-state index in [9.17, 15) is 4.79 Å². The standard InChI is InChI=1S/C22H28N2O/c1-15-12-16(2)22(17(3)13-15)23-21(25)14-24(4)20-11-7-9-18-8-5-6-10-19(18)20/h5-6,8,10,12-13,20H,7,9,11,14H2,1-4H3,(H,23,25)/p+1/t20-/m0/s1. The number of amides is 1. The molecule has 3 heteroatoms. The summed E-state index contributed by atoms with van der Waals surface area (Å²) in [6.45, 7) is 6.70. The Morgan fingerprint density at radius 1 is 1.16 bits per heavy atom. The molecule has 1 aliphatic rings. The van der Waals surface area contributed by atoms with E-state index < -0.39 is 0 Å². The molecular weight excluding hydrogens is 308 g/mol. The lowest BCUT2D eigenvalue weighted by atomic mass is 9.87. The molecule has 0 saturated carbocycles. The summed E-state index contributed by atoms with van der Waals surface area (Å²) in [5.41, 5.74) is 7.32. The van der Waals surface area contributed by atoms with Gasteiger partial charge in [0.15, 0.2) is 6.54 Å². The van der Waals surface area contributed by atoms with Crippen LogP contribution in [-0.4, -0.2) is 19.5 Å². The van der Waals surface area contributed by atoms with Gasteiger partial charge in [0.05, 0.1) is 7.05 Å². The average Bonchev–Trinajstić information content (AvgIpc) is 2.57. The van der Waals surface area contributed by atoms with Crippen molar-refractivity contribution < 1.29 is 9.69 Å². The van der Waals surface area contributed by atoms with Gasteiger partial charge in [0.25, 0.3) is 5.91 Å². The molecule has 0 radical (unpaired) electrons. The van der Waals surface area contributed by atoms with Crippen molar-refractivity contribution in [3.8, 4) is 0 Å². The maximum Gasteiger partial charge on any atom is 0.279 e. The van der Waals surface area contributed by atoms with Crippen LogP contribution < -0.4 is 10.2 Å². The van der Waals surface area contributed by atoms with Crippen molar-refractivity contribution in [2.75, 3.05) is 18.9 Å². The van der Waals surface area contributed by atoms with Gasteiger partial charge in [0.2, 0.25) is 0 Å². The molecule has 0 aliphatic heterocycles. The van der Waals surface area contributed by atoms with Crippen molar-refractivity contribution in [2.45, 2.75) is 46.1 Å². The fourth-order valence-electron chi connectivity index (χ4n) is 4.20. The van der Waals surface area contributed by atoms with E-state index in [2.05, 4.69) is 69.5 Å². The SMILES string of the molecule is Cc1cc(C)c(NC(=O)C[NH+](C)[C@H]2CCCc3ccccc32)c(C)c1. The number of rotatable bonds is 4. The highest BCUT2D eigenvalue weighted by Crippen LogP contribution is 2.27. The normalized spacial score (nSPS) is 17.7. The van der Waals surface area contributed by atoms with Gasteiger partial charge in [-0.25, -0.2) is 0 Å². The monoisotopic (exact) mass is 337 g/mol. The number of quaternary nitrogens is 1. The van der Waals surface area contributed by atoms with E-state index in [0.717, 1.165) is 29.7 Å². The highest BCUT2D eigenvalue weighted by Gasteiger charge is 2.28. The molecule has 132 valence electrons. The van der Waals surface area contributed by atoms with Gasteiger partial charge in [-0.1, -0.05) is 42.0 Å². The van der Waals surface area contributed by atoms with E-state index in [4.69, 9.17) is 0 Å². The van der Waals surface area contributed by atoms with Crippen molar-refractivity contribution in [3.05, 3.63) is 64.2 Å². The minimum atomic E-state index is 0.0932. The topological polar surface area (TPSA) is 33.5 Å². The van der Waals surface area contributed by atoms with Gasteiger partial charge in [-0.05, 0) is 50.3 Å². The highest BCUT2D eigenvalue weighted by atomic mass is 16.2. The summed E-state index contributed by atoms with van der Waals surface area (Å²) in [4.78, 5) is 13.9. The maximum atomic E-state index is 12.6. The molecule has 1 unspecified atom stereocenters. The molecule has 2 atom stereocenters. The fourth-order valence-corrected chi connectivity index (χ4v) is 4.20. The molecule has 0 aromatic heterocycles. The van der Waals surface area contributed by atoms with Gasteiger partial charge in [0.1, 0.15) is 6.04 Å². The van der Waals surface area contributed by atoms with Gasteiger partial charge in [0, 0.05) is 17.7 Å². The summed E-state index contributed by atoms with van der Waals surface area (Å²) in [5, 5.41) is 3.14. The Kier molecular flexibility index (Phi) is 5.24. The summed E-state index contributed by atoms with van der Waals surface area (Å²) in [6, 6.07) is 13.3. The van der Waals surface area contributed by atoms with Crippen LogP contribution in [0.5, 0.6) is 0 Å². The Bertz CT molecular complexity index is 758. The van der Waals surface area contributed by atoms with E-state index in [1.807, 2.05) is 0 Å². The lowest BCUT2D eigenvalue weighted by Gasteiger charge is -2.30. The Labute approximate surface area is 151 Å². The molecule has 0 saturated heterocycles. The van der Waals surface area contributed by atoms with Gasteiger partial charge < -0.3 is 10.2 Å². The largest absolute Gasteiger partial charge is 0.323 e. The Hall–Kier alpha value is -2.13. The number of benzene rings is 2. The fraction of sp³-hybridized carbons (Fsp3) is 0.409. The zero-order chi connectivity index (χ0) is 18.0. The third-order valence-electron chi connectivity index (χ3n) is 5.35. The second kappa shape index (κ2) is 7.40. The molecule has 1 aliphatic carbocycles. The van der Waals surface area contributed by atoms with E-state index in [1.165, 1.54) is 28.0 Å². The van der Waals surface area contributed by atoms with Crippen LogP contribution in [0.2, 0.25) is 0 Å². The van der Waals surface area contributed by atoms with Gasteiger partial charge in [-0.15, -0.1) is 0 Å². The predicted octanol–water partition coefficient (Wildman–Crippen LogP) is 3.14. The maximum absolute atomic E-state index is 12.6. The van der Waals surface area contributed by atoms with E-state index in [1.54, 1.807) is 0 Å². The molecule has 2 aromatic rings. The van der Waals surface area contributed by atoms with Crippen molar-refractivity contribution in [2.24, 2.45) is 0 Å². The summed E-state index contributed by atoms with van der Waals surface area (Å²) >= 11 is 0. The van der Waals surface area contributed by atoms with Crippen LogP contribution >= 0.6 is 0 Å². The second-order valence-corrected chi connectivity index (χ2v) is 7.49. The third-order valence-corrected chi connectivity index (χ3v) is 5.35. The molecule has 0 heterocycles. The molecule has 0 bridgehead atoms. The van der Waals surface area contributed by atoms with Crippen molar-refractivity contribution in [1.29, 1.82) is 0 Å². The molecule has 3 nitrogen and oxygen atoms in total. The number of nitrogens with one attached hydrogen (secondary N) is 2. The number of likely N-dealkylation sites (N-methyl/N-ethyl adjacent to an activating group) is 1. The number of aryl methyl sites for hydroxylation is 4. The molecular formula is C22H29N2O+. The van der Waals surface area contributed by atoms with Crippen LogP contribution in [0.1, 0.15) is 46.7 Å². The molecule has 2 N–H and O–H groups in total. The number of anilines is 1. The van der Waals surface area contributed by atoms with Crippen LogP contribution in [0.4, 0.5) is 5.69 Å². The predicted molar refractivity (Wildman–Crippen MR) is 103 cm³/mol. The van der Waals surface area contributed by atoms with E-state index in [0.29, 0.717) is 12.6 Å². The summed E-state index contributed by atoms with van der Waals surface area (Å²) in [5.74, 6) is 0.0932. The molecule has 2 aromatic carbocycles. The highest BCUT2D eigenvalue weighted by molar-refractivity contribution is 5.93. The first kappa shape index (κ1) is 17.7. The lowest BCUT2D eigenvalue weighted by Crippen LogP contribution is -3.10. The molecule has 0 fully saturated rings. The van der Waals surface area contributed by atoms with Gasteiger partial charge in [-0.2, -0.15) is 0 Å². The van der Waals surface area contributed by atoms with Crippen molar-refractivity contribution in [3.63, 3.8) is 0 Å². The van der Waals surface area contributed by atoms with Crippen LogP contribution in [0, 0.1) is 20.8 Å². The third kappa shape index (κ3) is 3.93. The van der Waals surface area contributed by atoms with Crippen LogP contribution in [0.3, 0.4) is 0 Å². The molecule has 3 rings (SSSR count). The second-order valence-electron chi connectivity index (χ2n) is 7.49. The summed E-state index contributed by atoms with van der Waals surface area (Å²) in [6.07, 6.45) is 3.52. The van der Waals surface area contributed by atoms with Crippen molar-refractivity contribution in [1.82, 2.24) is 0 Å². The average molecular weight is 337 g/mol. The van der Waals surface area contributed by atoms with Gasteiger partial charge >= 0.3 is 0 Å². The van der Waals surface area contributed by atoms with Crippen LogP contribution in [0.15, 0.2) is 36.4 Å². The lowest BCUT2D eigenvalue weighted by molar-refractivity contribution is -0.905. The molecule has 25 heavy (non-hydrogen) atoms.